The van der Waals surface area contributed by atoms with Crippen LogP contribution in [0.15, 0.2) is 0 Å². The molecular formula is C16H30N2O. The van der Waals surface area contributed by atoms with Gasteiger partial charge >= 0.3 is 0 Å². The lowest BCUT2D eigenvalue weighted by Gasteiger charge is -2.51. The summed E-state index contributed by atoms with van der Waals surface area (Å²) in [6, 6.07) is 1.34. The van der Waals surface area contributed by atoms with E-state index in [9.17, 15) is 0 Å². The maximum atomic E-state index is 5.66. The second-order valence-electron chi connectivity index (χ2n) is 7.51. The number of nitrogens with one attached hydrogen (secondary N) is 1. The Kier molecular flexibility index (Phi) is 3.89. The van der Waals surface area contributed by atoms with Crippen LogP contribution in [0.5, 0.6) is 0 Å². The van der Waals surface area contributed by atoms with Gasteiger partial charge in [0.05, 0.1) is 6.61 Å². The van der Waals surface area contributed by atoms with Crippen molar-refractivity contribution >= 4 is 0 Å². The summed E-state index contributed by atoms with van der Waals surface area (Å²) in [5.74, 6) is 1.70. The molecule has 3 heteroatoms. The van der Waals surface area contributed by atoms with Crippen LogP contribution < -0.4 is 5.32 Å². The predicted molar refractivity (Wildman–Crippen MR) is 78.3 cm³/mol. The van der Waals surface area contributed by atoms with Gasteiger partial charge in [0.15, 0.2) is 0 Å². The fourth-order valence-electron chi connectivity index (χ4n) is 4.11. The van der Waals surface area contributed by atoms with E-state index in [0.717, 1.165) is 25.0 Å². The fourth-order valence-corrected chi connectivity index (χ4v) is 4.11. The maximum absolute atomic E-state index is 5.66. The van der Waals surface area contributed by atoms with Gasteiger partial charge in [-0.3, -0.25) is 4.90 Å². The molecule has 0 bridgehead atoms. The first-order chi connectivity index (χ1) is 9.09. The molecule has 2 aliphatic heterocycles. The molecule has 0 aromatic heterocycles. The van der Waals surface area contributed by atoms with E-state index in [1.54, 1.807) is 0 Å². The van der Waals surface area contributed by atoms with Crippen molar-refractivity contribution in [3.05, 3.63) is 0 Å². The van der Waals surface area contributed by atoms with E-state index in [1.165, 1.54) is 38.8 Å². The lowest BCUT2D eigenvalue weighted by atomic mass is 9.86. The Balaban J connectivity index is 1.71. The average molecular weight is 266 g/mol. The third-order valence-corrected chi connectivity index (χ3v) is 5.38. The number of nitrogens with zero attached hydrogens (tertiary/aromatic N) is 1. The van der Waals surface area contributed by atoms with E-state index < -0.39 is 0 Å². The van der Waals surface area contributed by atoms with E-state index in [-0.39, 0.29) is 0 Å². The Labute approximate surface area is 118 Å². The molecule has 1 saturated carbocycles. The van der Waals surface area contributed by atoms with Gasteiger partial charge in [-0.2, -0.15) is 0 Å². The smallest absolute Gasteiger partial charge is 0.0622 e. The highest BCUT2D eigenvalue weighted by Crippen LogP contribution is 2.45. The van der Waals surface area contributed by atoms with Crippen LogP contribution >= 0.6 is 0 Å². The van der Waals surface area contributed by atoms with Gasteiger partial charge in [-0.15, -0.1) is 0 Å². The molecule has 3 atom stereocenters. The minimum Gasteiger partial charge on any atom is -0.380 e. The quantitative estimate of drug-likeness (QED) is 0.845. The molecule has 0 spiro atoms. The molecule has 3 nitrogen and oxygen atoms in total. The molecule has 2 saturated heterocycles. The van der Waals surface area contributed by atoms with Gasteiger partial charge in [-0.25, -0.2) is 0 Å². The number of ether oxygens (including phenoxy) is 1. The van der Waals surface area contributed by atoms with Crippen LogP contribution in [0, 0.1) is 11.8 Å². The zero-order valence-corrected chi connectivity index (χ0v) is 12.8. The summed E-state index contributed by atoms with van der Waals surface area (Å²) < 4.78 is 5.66. The molecule has 110 valence electrons. The molecule has 0 amide bonds. The second kappa shape index (κ2) is 5.34. The first-order valence-electron chi connectivity index (χ1n) is 8.17. The van der Waals surface area contributed by atoms with Gasteiger partial charge in [0, 0.05) is 37.3 Å². The molecule has 0 aromatic carbocycles. The molecular weight excluding hydrogens is 236 g/mol. The van der Waals surface area contributed by atoms with Gasteiger partial charge in [0.25, 0.3) is 0 Å². The van der Waals surface area contributed by atoms with Gasteiger partial charge in [0.1, 0.15) is 0 Å². The van der Waals surface area contributed by atoms with Gasteiger partial charge in [-0.1, -0.05) is 13.8 Å². The molecule has 19 heavy (non-hydrogen) atoms. The first kappa shape index (κ1) is 13.8. The Morgan fingerprint density at radius 2 is 2.11 bits per heavy atom. The molecule has 3 unspecified atom stereocenters. The van der Waals surface area contributed by atoms with E-state index in [4.69, 9.17) is 4.74 Å². The zero-order valence-electron chi connectivity index (χ0n) is 12.8. The van der Waals surface area contributed by atoms with Crippen molar-refractivity contribution < 1.29 is 4.74 Å². The van der Waals surface area contributed by atoms with E-state index in [2.05, 4.69) is 31.0 Å². The SMILES string of the molecule is CC(C)CC1CN(C2CCOC2)C(C)(C2CC2)CN1. The lowest BCUT2D eigenvalue weighted by molar-refractivity contribution is -0.00817. The number of piperazine rings is 1. The lowest BCUT2D eigenvalue weighted by Crippen LogP contribution is -2.67. The molecule has 2 heterocycles. The van der Waals surface area contributed by atoms with Crippen LogP contribution in [0.4, 0.5) is 0 Å². The molecule has 1 aliphatic carbocycles. The summed E-state index contributed by atoms with van der Waals surface area (Å²) in [5.41, 5.74) is 0.381. The molecule has 3 rings (SSSR count). The summed E-state index contributed by atoms with van der Waals surface area (Å²) in [7, 11) is 0. The Morgan fingerprint density at radius 3 is 2.68 bits per heavy atom. The van der Waals surface area contributed by atoms with Crippen molar-refractivity contribution in [2.75, 3.05) is 26.3 Å². The Bertz CT molecular complexity index is 310. The van der Waals surface area contributed by atoms with Crippen LogP contribution in [0.1, 0.15) is 46.5 Å². The summed E-state index contributed by atoms with van der Waals surface area (Å²) >= 11 is 0. The van der Waals surface area contributed by atoms with Gasteiger partial charge < -0.3 is 10.1 Å². The van der Waals surface area contributed by atoms with Crippen molar-refractivity contribution in [1.82, 2.24) is 10.2 Å². The van der Waals surface area contributed by atoms with E-state index in [1.807, 2.05) is 0 Å². The highest BCUT2D eigenvalue weighted by atomic mass is 16.5. The third kappa shape index (κ3) is 2.84. The highest BCUT2D eigenvalue weighted by Gasteiger charge is 2.50. The Morgan fingerprint density at radius 1 is 1.32 bits per heavy atom. The minimum absolute atomic E-state index is 0.381. The second-order valence-corrected chi connectivity index (χ2v) is 7.51. The van der Waals surface area contributed by atoms with Crippen molar-refractivity contribution in [1.29, 1.82) is 0 Å². The van der Waals surface area contributed by atoms with Crippen molar-refractivity contribution in [2.45, 2.75) is 64.1 Å². The van der Waals surface area contributed by atoms with Crippen LogP contribution in [-0.2, 0) is 4.74 Å². The summed E-state index contributed by atoms with van der Waals surface area (Å²) in [6.45, 7) is 11.5. The number of rotatable bonds is 4. The minimum atomic E-state index is 0.381. The summed E-state index contributed by atoms with van der Waals surface area (Å²) in [6.07, 6.45) is 5.38. The molecule has 0 radical (unpaired) electrons. The first-order valence-corrected chi connectivity index (χ1v) is 8.17. The predicted octanol–water partition coefficient (Wildman–Crippen LogP) is 2.26. The molecule has 0 aromatic rings. The number of hydrogen-bond donors (Lipinski definition) is 1. The largest absolute Gasteiger partial charge is 0.380 e. The van der Waals surface area contributed by atoms with Crippen LogP contribution in [0.25, 0.3) is 0 Å². The van der Waals surface area contributed by atoms with E-state index in [0.29, 0.717) is 17.6 Å². The van der Waals surface area contributed by atoms with Gasteiger partial charge in [-0.05, 0) is 44.4 Å². The normalized spacial score (nSPS) is 41.1. The Hall–Kier alpha value is -0.120. The summed E-state index contributed by atoms with van der Waals surface area (Å²) in [4.78, 5) is 2.82. The van der Waals surface area contributed by atoms with Crippen molar-refractivity contribution in [2.24, 2.45) is 11.8 Å². The molecule has 1 N–H and O–H groups in total. The van der Waals surface area contributed by atoms with Crippen molar-refractivity contribution in [3.63, 3.8) is 0 Å². The summed E-state index contributed by atoms with van der Waals surface area (Å²) in [5, 5.41) is 3.83. The zero-order chi connectivity index (χ0) is 13.5. The highest BCUT2D eigenvalue weighted by molar-refractivity contribution is 5.07. The van der Waals surface area contributed by atoms with Crippen LogP contribution in [0.2, 0.25) is 0 Å². The van der Waals surface area contributed by atoms with Crippen molar-refractivity contribution in [3.8, 4) is 0 Å². The standard InChI is InChI=1S/C16H30N2O/c1-12(2)8-14-9-18(15-6-7-19-10-15)16(3,11-17-14)13-4-5-13/h12-15,17H,4-11H2,1-3H3. The average Bonchev–Trinajstić information content (AvgIpc) is 3.09. The third-order valence-electron chi connectivity index (χ3n) is 5.38. The topological polar surface area (TPSA) is 24.5 Å². The molecule has 3 fully saturated rings. The monoisotopic (exact) mass is 266 g/mol. The van der Waals surface area contributed by atoms with Crippen LogP contribution in [-0.4, -0.2) is 48.8 Å². The number of hydrogen-bond acceptors (Lipinski definition) is 3. The maximum Gasteiger partial charge on any atom is 0.0622 e. The van der Waals surface area contributed by atoms with Crippen LogP contribution in [0.3, 0.4) is 0 Å². The molecule has 3 aliphatic rings. The van der Waals surface area contributed by atoms with Gasteiger partial charge in [0.2, 0.25) is 0 Å². The fraction of sp³-hybridized carbons (Fsp3) is 1.00. The van der Waals surface area contributed by atoms with E-state index >= 15 is 0 Å².